The number of aliphatic hydroxyl groups excluding tert-OH is 1. The second-order valence-electron chi connectivity index (χ2n) is 5.01. The predicted octanol–water partition coefficient (Wildman–Crippen LogP) is 3.34. The summed E-state index contributed by atoms with van der Waals surface area (Å²) in [4.78, 5) is 3.92. The lowest BCUT2D eigenvalue weighted by molar-refractivity contribution is 0.167. The van der Waals surface area contributed by atoms with E-state index in [4.69, 9.17) is 16.3 Å². The van der Waals surface area contributed by atoms with E-state index in [9.17, 15) is 5.11 Å². The molecular weight excluding hydrogens is 274 g/mol. The molecule has 0 radical (unpaired) electrons. The molecule has 3 rings (SSSR count). The molecule has 0 bridgehead atoms. The molecule has 3 nitrogen and oxygen atoms in total. The van der Waals surface area contributed by atoms with Gasteiger partial charge < -0.3 is 9.84 Å². The topological polar surface area (TPSA) is 42.4 Å². The SMILES string of the molecule is OC(CCc1ccc2c(c1)CCO2)c1ccnc(Cl)c1. The molecule has 2 aromatic rings. The fourth-order valence-electron chi connectivity index (χ4n) is 2.49. The molecule has 2 heterocycles. The fraction of sp³-hybridized carbons (Fsp3) is 0.312. The van der Waals surface area contributed by atoms with Crippen molar-refractivity contribution in [2.75, 3.05) is 6.61 Å². The smallest absolute Gasteiger partial charge is 0.129 e. The Morgan fingerprint density at radius 2 is 2.20 bits per heavy atom. The van der Waals surface area contributed by atoms with Crippen LogP contribution >= 0.6 is 11.6 Å². The summed E-state index contributed by atoms with van der Waals surface area (Å²) in [5, 5.41) is 10.6. The molecule has 0 amide bonds. The number of fused-ring (bicyclic) bond motifs is 1. The normalized spacial score (nSPS) is 14.7. The van der Waals surface area contributed by atoms with Crippen molar-refractivity contribution in [3.05, 3.63) is 58.4 Å². The highest BCUT2D eigenvalue weighted by atomic mass is 35.5. The van der Waals surface area contributed by atoms with Gasteiger partial charge in [-0.3, -0.25) is 0 Å². The monoisotopic (exact) mass is 289 g/mol. The van der Waals surface area contributed by atoms with Crippen molar-refractivity contribution in [2.24, 2.45) is 0 Å². The molecule has 0 aliphatic carbocycles. The van der Waals surface area contributed by atoms with Gasteiger partial charge >= 0.3 is 0 Å². The molecular formula is C16H16ClNO2. The highest BCUT2D eigenvalue weighted by molar-refractivity contribution is 6.29. The van der Waals surface area contributed by atoms with Gasteiger partial charge in [0.15, 0.2) is 0 Å². The Kier molecular flexibility index (Phi) is 3.90. The zero-order valence-electron chi connectivity index (χ0n) is 11.1. The minimum absolute atomic E-state index is 0.413. The van der Waals surface area contributed by atoms with E-state index in [0.717, 1.165) is 30.8 Å². The number of hydrogen-bond donors (Lipinski definition) is 1. The number of aryl methyl sites for hydroxylation is 1. The maximum absolute atomic E-state index is 10.2. The first-order valence-electron chi connectivity index (χ1n) is 6.76. The quantitative estimate of drug-likeness (QED) is 0.878. The van der Waals surface area contributed by atoms with Crippen molar-refractivity contribution in [3.8, 4) is 5.75 Å². The summed E-state index contributed by atoms with van der Waals surface area (Å²) in [5.41, 5.74) is 3.31. The van der Waals surface area contributed by atoms with E-state index in [1.807, 2.05) is 6.07 Å². The van der Waals surface area contributed by atoms with E-state index in [-0.39, 0.29) is 0 Å². The molecule has 1 unspecified atom stereocenters. The molecule has 20 heavy (non-hydrogen) atoms. The van der Waals surface area contributed by atoms with Crippen LogP contribution in [-0.2, 0) is 12.8 Å². The van der Waals surface area contributed by atoms with Crippen LogP contribution in [0.1, 0.15) is 29.2 Å². The van der Waals surface area contributed by atoms with Crippen molar-refractivity contribution >= 4 is 11.6 Å². The molecule has 1 N–H and O–H groups in total. The molecule has 1 aromatic heterocycles. The summed E-state index contributed by atoms with van der Waals surface area (Å²) >= 11 is 5.83. The van der Waals surface area contributed by atoms with Crippen LogP contribution in [0, 0.1) is 0 Å². The molecule has 1 aromatic carbocycles. The number of nitrogens with zero attached hydrogens (tertiary/aromatic N) is 1. The molecule has 1 aliphatic heterocycles. The first-order chi connectivity index (χ1) is 9.72. The number of pyridine rings is 1. The van der Waals surface area contributed by atoms with Crippen LogP contribution in [0.25, 0.3) is 0 Å². The largest absolute Gasteiger partial charge is 0.493 e. The van der Waals surface area contributed by atoms with E-state index in [1.54, 1.807) is 18.3 Å². The summed E-state index contributed by atoms with van der Waals surface area (Å²) < 4.78 is 5.49. The lowest BCUT2D eigenvalue weighted by Crippen LogP contribution is -2.00. The molecule has 1 aliphatic rings. The average molecular weight is 290 g/mol. The maximum Gasteiger partial charge on any atom is 0.129 e. The van der Waals surface area contributed by atoms with Crippen LogP contribution < -0.4 is 4.74 Å². The number of benzene rings is 1. The fourth-order valence-corrected chi connectivity index (χ4v) is 2.67. The number of aromatic nitrogens is 1. The minimum Gasteiger partial charge on any atom is -0.493 e. The van der Waals surface area contributed by atoms with Gasteiger partial charge in [0.2, 0.25) is 0 Å². The summed E-state index contributed by atoms with van der Waals surface area (Å²) in [7, 11) is 0. The van der Waals surface area contributed by atoms with Gasteiger partial charge in [-0.1, -0.05) is 23.7 Å². The minimum atomic E-state index is -0.514. The molecule has 0 saturated heterocycles. The first-order valence-corrected chi connectivity index (χ1v) is 7.14. The second kappa shape index (κ2) is 5.81. The van der Waals surface area contributed by atoms with Crippen molar-refractivity contribution in [2.45, 2.75) is 25.4 Å². The Morgan fingerprint density at radius 1 is 1.30 bits per heavy atom. The van der Waals surface area contributed by atoms with Crippen LogP contribution in [0.4, 0.5) is 0 Å². The first kappa shape index (κ1) is 13.4. The van der Waals surface area contributed by atoms with E-state index in [2.05, 4.69) is 17.1 Å². The van der Waals surface area contributed by atoms with E-state index >= 15 is 0 Å². The predicted molar refractivity (Wildman–Crippen MR) is 78.2 cm³/mol. The van der Waals surface area contributed by atoms with Crippen LogP contribution in [-0.4, -0.2) is 16.7 Å². The Hall–Kier alpha value is -1.58. The summed E-state index contributed by atoms with van der Waals surface area (Å²) in [6.07, 6.45) is 3.58. The third-order valence-electron chi connectivity index (χ3n) is 3.60. The zero-order valence-corrected chi connectivity index (χ0v) is 11.8. The van der Waals surface area contributed by atoms with Gasteiger partial charge in [-0.2, -0.15) is 0 Å². The maximum atomic E-state index is 10.2. The number of ether oxygens (including phenoxy) is 1. The third kappa shape index (κ3) is 2.94. The molecule has 0 saturated carbocycles. The van der Waals surface area contributed by atoms with Gasteiger partial charge in [0.1, 0.15) is 10.9 Å². The zero-order chi connectivity index (χ0) is 13.9. The Morgan fingerprint density at radius 3 is 3.05 bits per heavy atom. The van der Waals surface area contributed by atoms with Crippen molar-refractivity contribution in [1.29, 1.82) is 0 Å². The van der Waals surface area contributed by atoms with E-state index < -0.39 is 6.10 Å². The number of hydrogen-bond acceptors (Lipinski definition) is 3. The van der Waals surface area contributed by atoms with Gasteiger partial charge in [0.25, 0.3) is 0 Å². The van der Waals surface area contributed by atoms with Crippen LogP contribution in [0.5, 0.6) is 5.75 Å². The number of halogens is 1. The van der Waals surface area contributed by atoms with Crippen molar-refractivity contribution in [1.82, 2.24) is 4.98 Å². The highest BCUT2D eigenvalue weighted by Gasteiger charge is 2.13. The number of aliphatic hydroxyl groups is 1. The lowest BCUT2D eigenvalue weighted by atomic mass is 10.0. The van der Waals surface area contributed by atoms with Gasteiger partial charge in [0.05, 0.1) is 12.7 Å². The molecule has 4 heteroatoms. The van der Waals surface area contributed by atoms with Gasteiger partial charge in [-0.15, -0.1) is 0 Å². The van der Waals surface area contributed by atoms with Crippen molar-refractivity contribution < 1.29 is 9.84 Å². The van der Waals surface area contributed by atoms with Gasteiger partial charge in [-0.05, 0) is 47.7 Å². The van der Waals surface area contributed by atoms with Crippen LogP contribution in [0.3, 0.4) is 0 Å². The number of rotatable bonds is 4. The second-order valence-corrected chi connectivity index (χ2v) is 5.39. The molecule has 0 spiro atoms. The van der Waals surface area contributed by atoms with E-state index in [0.29, 0.717) is 11.6 Å². The average Bonchev–Trinajstić information content (AvgIpc) is 2.92. The highest BCUT2D eigenvalue weighted by Crippen LogP contribution is 2.27. The van der Waals surface area contributed by atoms with Crippen LogP contribution in [0.15, 0.2) is 36.5 Å². The Balaban J connectivity index is 1.64. The standard InChI is InChI=1S/C16H16ClNO2/c17-16-10-12(5-7-18-16)14(19)3-1-11-2-4-15-13(9-11)6-8-20-15/h2,4-5,7,9-10,14,19H,1,3,6,8H2. The molecule has 1 atom stereocenters. The van der Waals surface area contributed by atoms with Gasteiger partial charge in [-0.25, -0.2) is 4.98 Å². The molecule has 0 fully saturated rings. The summed E-state index contributed by atoms with van der Waals surface area (Å²) in [5.74, 6) is 0.996. The van der Waals surface area contributed by atoms with Crippen molar-refractivity contribution in [3.63, 3.8) is 0 Å². The summed E-state index contributed by atoms with van der Waals surface area (Å²) in [6, 6.07) is 9.77. The third-order valence-corrected chi connectivity index (χ3v) is 3.80. The van der Waals surface area contributed by atoms with Gasteiger partial charge in [0, 0.05) is 12.6 Å². The van der Waals surface area contributed by atoms with E-state index in [1.165, 1.54) is 11.1 Å². The lowest BCUT2D eigenvalue weighted by Gasteiger charge is -2.11. The Bertz CT molecular complexity index is 615. The molecule has 104 valence electrons. The summed E-state index contributed by atoms with van der Waals surface area (Å²) in [6.45, 7) is 0.775. The van der Waals surface area contributed by atoms with Crippen LogP contribution in [0.2, 0.25) is 5.15 Å². The Labute approximate surface area is 123 Å².